The van der Waals surface area contributed by atoms with Crippen LogP contribution in [0.3, 0.4) is 0 Å². The molecular formula is C18H21N3O4. The highest BCUT2D eigenvalue weighted by atomic mass is 16.4. The molecule has 1 unspecified atom stereocenters. The molecule has 4 N–H and O–H groups in total. The van der Waals surface area contributed by atoms with Crippen molar-refractivity contribution in [3.05, 3.63) is 59.4 Å². The smallest absolute Gasteiger partial charge is 0.303 e. The number of rotatable bonds is 8. The van der Waals surface area contributed by atoms with Crippen LogP contribution in [0.4, 0.5) is 0 Å². The van der Waals surface area contributed by atoms with Crippen LogP contribution in [0.1, 0.15) is 39.3 Å². The van der Waals surface area contributed by atoms with Gasteiger partial charge in [-0.05, 0) is 24.5 Å². The molecule has 0 saturated carbocycles. The van der Waals surface area contributed by atoms with Crippen molar-refractivity contribution in [3.8, 4) is 0 Å². The molecule has 0 aliphatic carbocycles. The number of benzene rings is 1. The Labute approximate surface area is 145 Å². The number of aliphatic carboxylic acids is 1. The molecule has 0 aliphatic rings. The van der Waals surface area contributed by atoms with Crippen LogP contribution < -0.4 is 11.1 Å². The average Bonchev–Trinajstić information content (AvgIpc) is 2.96. The third-order valence-electron chi connectivity index (χ3n) is 3.89. The maximum Gasteiger partial charge on any atom is 0.303 e. The van der Waals surface area contributed by atoms with Gasteiger partial charge in [-0.3, -0.25) is 14.4 Å². The molecule has 2 rings (SSSR count). The molecule has 2 amide bonds. The average molecular weight is 343 g/mol. The first kappa shape index (κ1) is 18.3. The Bertz CT molecular complexity index is 768. The molecule has 1 heterocycles. The number of nitrogens with two attached hydrogens (primary N) is 1. The number of hydrogen-bond acceptors (Lipinski definition) is 3. The second-order valence-electron chi connectivity index (χ2n) is 5.88. The zero-order valence-electron chi connectivity index (χ0n) is 13.9. The molecule has 2 aromatic rings. The third kappa shape index (κ3) is 5.20. The van der Waals surface area contributed by atoms with Crippen molar-refractivity contribution < 1.29 is 19.5 Å². The van der Waals surface area contributed by atoms with Crippen molar-refractivity contribution >= 4 is 17.8 Å². The van der Waals surface area contributed by atoms with Gasteiger partial charge in [0.1, 0.15) is 5.69 Å². The summed E-state index contributed by atoms with van der Waals surface area (Å²) in [6.45, 7) is 0. The molecular weight excluding hydrogens is 322 g/mol. The Morgan fingerprint density at radius 2 is 1.92 bits per heavy atom. The van der Waals surface area contributed by atoms with Gasteiger partial charge in [-0.1, -0.05) is 30.3 Å². The zero-order valence-corrected chi connectivity index (χ0v) is 13.9. The van der Waals surface area contributed by atoms with Crippen LogP contribution in [-0.4, -0.2) is 33.5 Å². The number of carboxylic acid groups (broad SMARTS) is 1. The molecule has 7 heteroatoms. The molecule has 1 aromatic heterocycles. The van der Waals surface area contributed by atoms with Crippen LogP contribution in [0, 0.1) is 0 Å². The fraction of sp³-hybridized carbons (Fsp3) is 0.278. The van der Waals surface area contributed by atoms with E-state index in [-0.39, 0.29) is 23.9 Å². The van der Waals surface area contributed by atoms with Gasteiger partial charge >= 0.3 is 5.97 Å². The van der Waals surface area contributed by atoms with Crippen LogP contribution in [0.25, 0.3) is 0 Å². The van der Waals surface area contributed by atoms with Gasteiger partial charge in [0.05, 0.1) is 5.56 Å². The monoisotopic (exact) mass is 343 g/mol. The fourth-order valence-electron chi connectivity index (χ4n) is 2.61. The summed E-state index contributed by atoms with van der Waals surface area (Å²) >= 11 is 0. The number of carboxylic acids is 1. The molecule has 132 valence electrons. The minimum atomic E-state index is -0.915. The lowest BCUT2D eigenvalue weighted by atomic mass is 10.0. The Kier molecular flexibility index (Phi) is 5.94. The Balaban J connectivity index is 2.13. The first-order valence-corrected chi connectivity index (χ1v) is 7.89. The summed E-state index contributed by atoms with van der Waals surface area (Å²) < 4.78 is 1.52. The van der Waals surface area contributed by atoms with Gasteiger partial charge in [-0.15, -0.1) is 0 Å². The fourth-order valence-corrected chi connectivity index (χ4v) is 2.61. The molecule has 0 saturated heterocycles. The van der Waals surface area contributed by atoms with Gasteiger partial charge in [0, 0.05) is 25.7 Å². The van der Waals surface area contributed by atoms with Crippen molar-refractivity contribution in [2.24, 2.45) is 12.8 Å². The van der Waals surface area contributed by atoms with E-state index in [1.165, 1.54) is 16.8 Å². The standard InChI is InChI=1S/C18H21N3O4/c1-21-11-13(17(19)24)10-15(21)18(25)20-14(7-8-16(22)23)9-12-5-3-2-4-6-12/h2-6,10-11,14H,7-9H2,1H3,(H2,19,24)(H,20,25)(H,22,23). The predicted octanol–water partition coefficient (Wildman–Crippen LogP) is 1.33. The number of carbonyl (C=O) groups excluding carboxylic acids is 2. The van der Waals surface area contributed by atoms with Crippen molar-refractivity contribution in [2.75, 3.05) is 0 Å². The van der Waals surface area contributed by atoms with Crippen LogP contribution in [-0.2, 0) is 18.3 Å². The zero-order chi connectivity index (χ0) is 18.4. The van der Waals surface area contributed by atoms with E-state index >= 15 is 0 Å². The maximum atomic E-state index is 12.5. The topological polar surface area (TPSA) is 114 Å². The summed E-state index contributed by atoms with van der Waals surface area (Å²) in [7, 11) is 1.64. The van der Waals surface area contributed by atoms with Gasteiger partial charge < -0.3 is 20.7 Å². The summed E-state index contributed by atoms with van der Waals surface area (Å²) in [4.78, 5) is 34.6. The molecule has 25 heavy (non-hydrogen) atoms. The van der Waals surface area contributed by atoms with E-state index in [1.54, 1.807) is 7.05 Å². The number of carbonyl (C=O) groups is 3. The molecule has 0 fully saturated rings. The van der Waals surface area contributed by atoms with Crippen LogP contribution in [0.15, 0.2) is 42.6 Å². The lowest BCUT2D eigenvalue weighted by Crippen LogP contribution is -2.37. The SMILES string of the molecule is Cn1cc(C(N)=O)cc1C(=O)NC(CCC(=O)O)Cc1ccccc1. The number of amides is 2. The van der Waals surface area contributed by atoms with Gasteiger partial charge in [-0.2, -0.15) is 0 Å². The number of aryl methyl sites for hydroxylation is 1. The number of aromatic nitrogens is 1. The summed E-state index contributed by atoms with van der Waals surface area (Å²) in [5, 5.41) is 11.8. The molecule has 0 bridgehead atoms. The van der Waals surface area contributed by atoms with E-state index < -0.39 is 11.9 Å². The highest BCUT2D eigenvalue weighted by Crippen LogP contribution is 2.11. The third-order valence-corrected chi connectivity index (χ3v) is 3.89. The molecule has 0 radical (unpaired) electrons. The normalized spacial score (nSPS) is 11.7. The Morgan fingerprint density at radius 1 is 1.24 bits per heavy atom. The van der Waals surface area contributed by atoms with Gasteiger partial charge in [0.25, 0.3) is 5.91 Å². The van der Waals surface area contributed by atoms with Crippen LogP contribution >= 0.6 is 0 Å². The minimum absolute atomic E-state index is 0.0442. The van der Waals surface area contributed by atoms with Crippen molar-refractivity contribution in [1.29, 1.82) is 0 Å². The van der Waals surface area contributed by atoms with Crippen LogP contribution in [0.5, 0.6) is 0 Å². The second-order valence-corrected chi connectivity index (χ2v) is 5.88. The van der Waals surface area contributed by atoms with Crippen LogP contribution in [0.2, 0.25) is 0 Å². The predicted molar refractivity (Wildman–Crippen MR) is 92.2 cm³/mol. The summed E-state index contributed by atoms with van der Waals surface area (Å²) in [6.07, 6.45) is 2.27. The highest BCUT2D eigenvalue weighted by Gasteiger charge is 2.19. The Morgan fingerprint density at radius 3 is 2.48 bits per heavy atom. The van der Waals surface area contributed by atoms with E-state index in [0.29, 0.717) is 18.5 Å². The van der Waals surface area contributed by atoms with E-state index in [2.05, 4.69) is 5.32 Å². The Hall–Kier alpha value is -3.09. The second kappa shape index (κ2) is 8.14. The molecule has 1 aromatic carbocycles. The van der Waals surface area contributed by atoms with E-state index in [0.717, 1.165) is 5.56 Å². The maximum absolute atomic E-state index is 12.5. The van der Waals surface area contributed by atoms with Crippen molar-refractivity contribution in [2.45, 2.75) is 25.3 Å². The van der Waals surface area contributed by atoms with Gasteiger partial charge in [-0.25, -0.2) is 0 Å². The quantitative estimate of drug-likeness (QED) is 0.671. The summed E-state index contributed by atoms with van der Waals surface area (Å²) in [5.74, 6) is -1.90. The first-order chi connectivity index (χ1) is 11.9. The van der Waals surface area contributed by atoms with Crippen molar-refractivity contribution in [3.63, 3.8) is 0 Å². The molecule has 1 atom stereocenters. The molecule has 7 nitrogen and oxygen atoms in total. The highest BCUT2D eigenvalue weighted by molar-refractivity contribution is 5.98. The number of hydrogen-bond donors (Lipinski definition) is 3. The van der Waals surface area contributed by atoms with E-state index in [9.17, 15) is 14.4 Å². The number of nitrogens with zero attached hydrogens (tertiary/aromatic N) is 1. The lowest BCUT2D eigenvalue weighted by Gasteiger charge is -2.18. The summed E-state index contributed by atoms with van der Waals surface area (Å²) in [6, 6.07) is 10.6. The largest absolute Gasteiger partial charge is 0.481 e. The summed E-state index contributed by atoms with van der Waals surface area (Å²) in [5.41, 5.74) is 6.78. The van der Waals surface area contributed by atoms with E-state index in [4.69, 9.17) is 10.8 Å². The van der Waals surface area contributed by atoms with Gasteiger partial charge in [0.15, 0.2) is 0 Å². The lowest BCUT2D eigenvalue weighted by molar-refractivity contribution is -0.137. The molecule has 0 spiro atoms. The van der Waals surface area contributed by atoms with Crippen molar-refractivity contribution in [1.82, 2.24) is 9.88 Å². The van der Waals surface area contributed by atoms with E-state index in [1.807, 2.05) is 30.3 Å². The minimum Gasteiger partial charge on any atom is -0.481 e. The van der Waals surface area contributed by atoms with Gasteiger partial charge in [0.2, 0.25) is 5.91 Å². The number of nitrogens with one attached hydrogen (secondary N) is 1. The first-order valence-electron chi connectivity index (χ1n) is 7.89. The number of primary amides is 1. The molecule has 0 aliphatic heterocycles.